The summed E-state index contributed by atoms with van der Waals surface area (Å²) in [6.07, 6.45) is 0. The van der Waals surface area contributed by atoms with Gasteiger partial charge in [-0.15, -0.1) is 0 Å². The minimum atomic E-state index is -0.177. The van der Waals surface area contributed by atoms with Crippen molar-refractivity contribution in [2.75, 3.05) is 11.1 Å². The number of nitrogens with two attached hydrogens (primary N) is 1. The van der Waals surface area contributed by atoms with E-state index in [1.165, 1.54) is 0 Å². The highest BCUT2D eigenvalue weighted by atomic mass is 16.2. The molecule has 3 N–H and O–H groups in total. The smallest absolute Gasteiger partial charge is 0.246 e. The first-order valence-corrected chi connectivity index (χ1v) is 6.00. The Hall–Kier alpha value is -2.37. The highest BCUT2D eigenvalue weighted by Gasteiger charge is 2.09. The van der Waals surface area contributed by atoms with E-state index in [0.29, 0.717) is 23.0 Å². The minimum absolute atomic E-state index is 0.125. The molecule has 0 fully saturated rings. The van der Waals surface area contributed by atoms with Crippen molar-refractivity contribution in [2.45, 2.75) is 27.3 Å². The van der Waals surface area contributed by atoms with E-state index in [2.05, 4.69) is 15.4 Å². The number of benzene rings is 1. The summed E-state index contributed by atoms with van der Waals surface area (Å²) in [6.45, 7) is 5.68. The molecule has 1 heterocycles. The first-order valence-electron chi connectivity index (χ1n) is 6.00. The Labute approximate surface area is 111 Å². The molecule has 6 nitrogen and oxygen atoms in total. The quantitative estimate of drug-likeness (QED) is 0.816. The molecule has 0 spiro atoms. The first kappa shape index (κ1) is 13.1. The third-order valence-corrected chi connectivity index (χ3v) is 2.74. The molecule has 0 aliphatic rings. The van der Waals surface area contributed by atoms with Crippen LogP contribution in [0.5, 0.6) is 0 Å². The van der Waals surface area contributed by atoms with Crippen molar-refractivity contribution >= 4 is 17.3 Å². The predicted octanol–water partition coefficient (Wildman–Crippen LogP) is 1.42. The second kappa shape index (κ2) is 5.09. The van der Waals surface area contributed by atoms with Gasteiger partial charge in [0.1, 0.15) is 18.2 Å². The fourth-order valence-corrected chi connectivity index (χ4v) is 1.83. The first-order chi connectivity index (χ1) is 8.95. The third-order valence-electron chi connectivity index (χ3n) is 2.74. The Kier molecular flexibility index (Phi) is 3.50. The lowest BCUT2D eigenvalue weighted by atomic mass is 10.2. The molecule has 0 aliphatic heterocycles. The summed E-state index contributed by atoms with van der Waals surface area (Å²) in [5, 5.41) is 6.91. The molecule has 1 aromatic heterocycles. The molecule has 0 bridgehead atoms. The Balaban J connectivity index is 2.07. The number of carbonyl (C=O) groups is 1. The molecule has 100 valence electrons. The van der Waals surface area contributed by atoms with Crippen molar-refractivity contribution < 1.29 is 4.79 Å². The van der Waals surface area contributed by atoms with Crippen molar-refractivity contribution in [1.82, 2.24) is 14.8 Å². The summed E-state index contributed by atoms with van der Waals surface area (Å²) < 4.78 is 1.56. The van der Waals surface area contributed by atoms with E-state index >= 15 is 0 Å². The molecular formula is C13H17N5O. The van der Waals surface area contributed by atoms with E-state index < -0.39 is 0 Å². The molecule has 0 radical (unpaired) electrons. The van der Waals surface area contributed by atoms with Crippen LogP contribution in [0.25, 0.3) is 0 Å². The molecule has 2 aromatic rings. The molecule has 1 aromatic carbocycles. The van der Waals surface area contributed by atoms with Crippen LogP contribution in [0.1, 0.15) is 17.2 Å². The van der Waals surface area contributed by atoms with Crippen molar-refractivity contribution in [1.29, 1.82) is 0 Å². The minimum Gasteiger partial charge on any atom is -0.397 e. The van der Waals surface area contributed by atoms with Gasteiger partial charge in [-0.05, 0) is 38.5 Å². The Morgan fingerprint density at radius 3 is 2.68 bits per heavy atom. The van der Waals surface area contributed by atoms with Crippen molar-refractivity contribution in [3.05, 3.63) is 35.4 Å². The zero-order valence-electron chi connectivity index (χ0n) is 11.3. The number of carbonyl (C=O) groups excluding carboxylic acids is 1. The SMILES string of the molecule is Cc1ccc(NC(=O)Cn2nc(C)nc2C)c(N)c1. The van der Waals surface area contributed by atoms with Gasteiger partial charge in [-0.25, -0.2) is 9.67 Å². The molecule has 0 saturated heterocycles. The van der Waals surface area contributed by atoms with Crippen molar-refractivity contribution in [2.24, 2.45) is 0 Å². The highest BCUT2D eigenvalue weighted by molar-refractivity contribution is 5.93. The average Bonchev–Trinajstić information content (AvgIpc) is 2.61. The number of rotatable bonds is 3. The maximum Gasteiger partial charge on any atom is 0.246 e. The van der Waals surface area contributed by atoms with E-state index in [9.17, 15) is 4.79 Å². The topological polar surface area (TPSA) is 85.8 Å². The van der Waals surface area contributed by atoms with Crippen LogP contribution in [-0.2, 0) is 11.3 Å². The van der Waals surface area contributed by atoms with Crippen LogP contribution in [0.2, 0.25) is 0 Å². The molecule has 0 saturated carbocycles. The van der Waals surface area contributed by atoms with Gasteiger partial charge in [0, 0.05) is 0 Å². The summed E-state index contributed by atoms with van der Waals surface area (Å²) in [5.74, 6) is 1.19. The molecule has 1 amide bonds. The largest absolute Gasteiger partial charge is 0.397 e. The lowest BCUT2D eigenvalue weighted by Gasteiger charge is -2.09. The normalized spacial score (nSPS) is 10.5. The molecule has 0 aliphatic carbocycles. The number of hydrogen-bond acceptors (Lipinski definition) is 4. The zero-order chi connectivity index (χ0) is 14.0. The Morgan fingerprint density at radius 1 is 1.37 bits per heavy atom. The van der Waals surface area contributed by atoms with Gasteiger partial charge in [-0.1, -0.05) is 6.07 Å². The van der Waals surface area contributed by atoms with Crippen LogP contribution < -0.4 is 11.1 Å². The molecule has 6 heteroatoms. The Morgan fingerprint density at radius 2 is 2.11 bits per heavy atom. The molecule has 0 unspecified atom stereocenters. The number of anilines is 2. The van der Waals surface area contributed by atoms with E-state index in [1.807, 2.05) is 26.0 Å². The third kappa shape index (κ3) is 3.09. The second-order valence-corrected chi connectivity index (χ2v) is 4.50. The molecular weight excluding hydrogens is 242 g/mol. The lowest BCUT2D eigenvalue weighted by molar-refractivity contribution is -0.116. The summed E-state index contributed by atoms with van der Waals surface area (Å²) in [5.41, 5.74) is 8.07. The monoisotopic (exact) mass is 259 g/mol. The number of nitrogens with one attached hydrogen (secondary N) is 1. The summed E-state index contributed by atoms with van der Waals surface area (Å²) in [4.78, 5) is 16.1. The number of aryl methyl sites for hydroxylation is 3. The number of nitrogen functional groups attached to an aromatic ring is 1. The van der Waals surface area contributed by atoms with Gasteiger partial charge in [0.05, 0.1) is 11.4 Å². The second-order valence-electron chi connectivity index (χ2n) is 4.50. The average molecular weight is 259 g/mol. The van der Waals surface area contributed by atoms with E-state index in [-0.39, 0.29) is 12.5 Å². The fraction of sp³-hybridized carbons (Fsp3) is 0.308. The predicted molar refractivity (Wildman–Crippen MR) is 73.7 cm³/mol. The van der Waals surface area contributed by atoms with Crippen LogP contribution in [0.4, 0.5) is 11.4 Å². The molecule has 0 atom stereocenters. The van der Waals surface area contributed by atoms with E-state index in [4.69, 9.17) is 5.73 Å². The van der Waals surface area contributed by atoms with Gasteiger partial charge >= 0.3 is 0 Å². The Bertz CT molecular complexity index is 617. The number of hydrogen-bond donors (Lipinski definition) is 2. The number of aromatic nitrogens is 3. The van der Waals surface area contributed by atoms with Crippen molar-refractivity contribution in [3.8, 4) is 0 Å². The van der Waals surface area contributed by atoms with Gasteiger partial charge in [-0.2, -0.15) is 5.10 Å². The summed E-state index contributed by atoms with van der Waals surface area (Å²) in [7, 11) is 0. The van der Waals surface area contributed by atoms with Gasteiger partial charge < -0.3 is 11.1 Å². The van der Waals surface area contributed by atoms with Crippen molar-refractivity contribution in [3.63, 3.8) is 0 Å². The van der Waals surface area contributed by atoms with E-state index in [0.717, 1.165) is 5.56 Å². The van der Waals surface area contributed by atoms with Gasteiger partial charge in [0.25, 0.3) is 0 Å². The highest BCUT2D eigenvalue weighted by Crippen LogP contribution is 2.19. The van der Waals surface area contributed by atoms with Crippen LogP contribution in [0, 0.1) is 20.8 Å². The number of nitrogens with zero attached hydrogens (tertiary/aromatic N) is 3. The van der Waals surface area contributed by atoms with Gasteiger partial charge in [0.15, 0.2) is 0 Å². The van der Waals surface area contributed by atoms with Crippen LogP contribution in [-0.4, -0.2) is 20.7 Å². The summed E-state index contributed by atoms with van der Waals surface area (Å²) >= 11 is 0. The lowest BCUT2D eigenvalue weighted by Crippen LogP contribution is -2.21. The van der Waals surface area contributed by atoms with Crippen LogP contribution >= 0.6 is 0 Å². The van der Waals surface area contributed by atoms with Crippen LogP contribution in [0.15, 0.2) is 18.2 Å². The van der Waals surface area contributed by atoms with E-state index in [1.54, 1.807) is 17.7 Å². The zero-order valence-corrected chi connectivity index (χ0v) is 11.3. The van der Waals surface area contributed by atoms with Gasteiger partial charge in [0.2, 0.25) is 5.91 Å². The maximum absolute atomic E-state index is 11.9. The summed E-state index contributed by atoms with van der Waals surface area (Å²) in [6, 6.07) is 5.51. The van der Waals surface area contributed by atoms with Crippen LogP contribution in [0.3, 0.4) is 0 Å². The standard InChI is InChI=1S/C13H17N5O/c1-8-4-5-12(11(14)6-8)16-13(19)7-18-10(3)15-9(2)17-18/h4-6H,7,14H2,1-3H3,(H,16,19). The fourth-order valence-electron chi connectivity index (χ4n) is 1.83. The molecule has 2 rings (SSSR count). The molecule has 19 heavy (non-hydrogen) atoms. The maximum atomic E-state index is 11.9. The number of amides is 1. The van der Waals surface area contributed by atoms with Gasteiger partial charge in [-0.3, -0.25) is 4.79 Å².